The summed E-state index contributed by atoms with van der Waals surface area (Å²) in [6.45, 7) is 0.736. The summed E-state index contributed by atoms with van der Waals surface area (Å²) in [5.74, 6) is -0.0893. The fourth-order valence-electron chi connectivity index (χ4n) is 3.71. The topological polar surface area (TPSA) is 64.0 Å². The maximum absolute atomic E-state index is 12.5. The summed E-state index contributed by atoms with van der Waals surface area (Å²) in [7, 11) is 0. The van der Waals surface area contributed by atoms with Crippen LogP contribution in [0.4, 0.5) is 0 Å². The number of hydrogen-bond acceptors (Lipinski definition) is 3. The summed E-state index contributed by atoms with van der Waals surface area (Å²) in [5, 5.41) is 7.78. The van der Waals surface area contributed by atoms with Crippen molar-refractivity contribution in [1.29, 1.82) is 0 Å². The van der Waals surface area contributed by atoms with E-state index in [0.717, 1.165) is 12.8 Å². The van der Waals surface area contributed by atoms with Gasteiger partial charge in [-0.05, 0) is 30.5 Å². The molecule has 1 N–H and O–H groups in total. The lowest BCUT2D eigenvalue weighted by atomic mass is 9.64. The third kappa shape index (κ3) is 3.01. The average Bonchev–Trinajstić information content (AvgIpc) is 2.64. The first-order chi connectivity index (χ1) is 12.7. The average molecular weight is 347 g/mol. The van der Waals surface area contributed by atoms with Gasteiger partial charge in [-0.1, -0.05) is 48.9 Å². The monoisotopic (exact) mass is 347 g/mol. The molecular formula is C21H21N3O2. The normalized spacial score (nSPS) is 15.4. The fourth-order valence-corrected chi connectivity index (χ4v) is 3.71. The van der Waals surface area contributed by atoms with Gasteiger partial charge in [-0.3, -0.25) is 14.3 Å². The molecule has 26 heavy (non-hydrogen) atoms. The Morgan fingerprint density at radius 1 is 1.08 bits per heavy atom. The van der Waals surface area contributed by atoms with Crippen LogP contribution in [0.25, 0.3) is 10.9 Å². The number of fused-ring (bicyclic) bond motifs is 1. The molecule has 0 atom stereocenters. The summed E-state index contributed by atoms with van der Waals surface area (Å²) in [6, 6.07) is 17.6. The van der Waals surface area contributed by atoms with Gasteiger partial charge in [-0.2, -0.15) is 5.10 Å². The molecule has 1 saturated carbocycles. The minimum Gasteiger partial charge on any atom is -0.354 e. The molecular weight excluding hydrogens is 326 g/mol. The maximum Gasteiger partial charge on any atom is 0.241 e. The van der Waals surface area contributed by atoms with Crippen molar-refractivity contribution in [3.63, 3.8) is 0 Å². The van der Waals surface area contributed by atoms with Gasteiger partial charge in [-0.15, -0.1) is 0 Å². The van der Waals surface area contributed by atoms with E-state index < -0.39 is 0 Å². The molecule has 1 aromatic heterocycles. The fraction of sp³-hybridized carbons (Fsp3) is 0.286. The van der Waals surface area contributed by atoms with Crippen LogP contribution in [0.2, 0.25) is 0 Å². The summed E-state index contributed by atoms with van der Waals surface area (Å²) in [5.41, 5.74) is 1.89. The number of aromatic nitrogens is 2. The van der Waals surface area contributed by atoms with E-state index in [2.05, 4.69) is 22.5 Å². The number of nitrogens with zero attached hydrogens (tertiary/aromatic N) is 2. The SMILES string of the molecule is O=C(Cn1ncc(=O)c2ccccc21)NCC1(c2ccccc2)CCC1. The minimum atomic E-state index is -0.130. The second-order valence-corrected chi connectivity index (χ2v) is 6.96. The molecule has 0 radical (unpaired) electrons. The number of amides is 1. The van der Waals surface area contributed by atoms with Gasteiger partial charge in [0, 0.05) is 17.3 Å². The van der Waals surface area contributed by atoms with Crippen LogP contribution in [0.3, 0.4) is 0 Å². The van der Waals surface area contributed by atoms with E-state index in [4.69, 9.17) is 0 Å². The number of hydrogen-bond donors (Lipinski definition) is 1. The zero-order valence-corrected chi connectivity index (χ0v) is 14.5. The molecule has 132 valence electrons. The lowest BCUT2D eigenvalue weighted by Gasteiger charge is -2.42. The lowest BCUT2D eigenvalue weighted by Crippen LogP contribution is -2.46. The second-order valence-electron chi connectivity index (χ2n) is 6.96. The Bertz CT molecular complexity index is 991. The van der Waals surface area contributed by atoms with Gasteiger partial charge >= 0.3 is 0 Å². The molecule has 2 aromatic carbocycles. The number of rotatable bonds is 5. The molecule has 1 aliphatic rings. The molecule has 4 rings (SSSR count). The molecule has 1 amide bonds. The Kier molecular flexibility index (Phi) is 4.29. The molecule has 1 heterocycles. The third-order valence-corrected chi connectivity index (χ3v) is 5.38. The number of nitrogens with one attached hydrogen (secondary N) is 1. The van der Waals surface area contributed by atoms with Crippen molar-refractivity contribution < 1.29 is 4.79 Å². The lowest BCUT2D eigenvalue weighted by molar-refractivity contribution is -0.122. The van der Waals surface area contributed by atoms with Crippen LogP contribution in [0.1, 0.15) is 24.8 Å². The van der Waals surface area contributed by atoms with E-state index in [1.165, 1.54) is 18.2 Å². The van der Waals surface area contributed by atoms with Crippen molar-refractivity contribution in [3.8, 4) is 0 Å². The van der Waals surface area contributed by atoms with Crippen molar-refractivity contribution in [1.82, 2.24) is 15.1 Å². The Labute approximate surface area is 151 Å². The molecule has 1 fully saturated rings. The maximum atomic E-state index is 12.5. The Morgan fingerprint density at radius 3 is 2.54 bits per heavy atom. The van der Waals surface area contributed by atoms with Gasteiger partial charge in [-0.25, -0.2) is 0 Å². The van der Waals surface area contributed by atoms with Crippen LogP contribution in [-0.4, -0.2) is 22.2 Å². The Balaban J connectivity index is 1.48. The van der Waals surface area contributed by atoms with Crippen molar-refractivity contribution in [3.05, 3.63) is 76.6 Å². The van der Waals surface area contributed by atoms with E-state index in [1.54, 1.807) is 10.7 Å². The molecule has 0 spiro atoms. The predicted molar refractivity (Wildman–Crippen MR) is 101 cm³/mol. The summed E-state index contributed by atoms with van der Waals surface area (Å²) < 4.78 is 1.59. The van der Waals surface area contributed by atoms with Gasteiger partial charge in [0.15, 0.2) is 0 Å². The first-order valence-corrected chi connectivity index (χ1v) is 8.95. The molecule has 0 bridgehead atoms. The van der Waals surface area contributed by atoms with E-state index in [9.17, 15) is 9.59 Å². The van der Waals surface area contributed by atoms with E-state index in [1.807, 2.05) is 36.4 Å². The van der Waals surface area contributed by atoms with Crippen molar-refractivity contribution >= 4 is 16.8 Å². The molecule has 5 heteroatoms. The van der Waals surface area contributed by atoms with Gasteiger partial charge < -0.3 is 5.32 Å². The summed E-state index contributed by atoms with van der Waals surface area (Å²) >= 11 is 0. The van der Waals surface area contributed by atoms with Gasteiger partial charge in [0.05, 0.1) is 11.7 Å². The van der Waals surface area contributed by atoms with E-state index >= 15 is 0 Å². The number of benzene rings is 2. The van der Waals surface area contributed by atoms with Crippen LogP contribution in [0, 0.1) is 0 Å². The van der Waals surface area contributed by atoms with Gasteiger partial charge in [0.25, 0.3) is 0 Å². The van der Waals surface area contributed by atoms with E-state index in [-0.39, 0.29) is 23.3 Å². The van der Waals surface area contributed by atoms with Crippen molar-refractivity contribution in [2.75, 3.05) is 6.54 Å². The third-order valence-electron chi connectivity index (χ3n) is 5.38. The van der Waals surface area contributed by atoms with Crippen molar-refractivity contribution in [2.24, 2.45) is 0 Å². The molecule has 3 aromatic rings. The highest BCUT2D eigenvalue weighted by Crippen LogP contribution is 2.43. The smallest absolute Gasteiger partial charge is 0.241 e. The standard InChI is InChI=1S/C21H21N3O2/c25-19-13-23-24(18-10-5-4-9-17(18)19)14-20(26)22-15-21(11-6-12-21)16-7-2-1-3-8-16/h1-5,7-10,13H,6,11-12,14-15H2,(H,22,26). The number of carbonyl (C=O) groups is 1. The van der Waals surface area contributed by atoms with Gasteiger partial charge in [0.2, 0.25) is 11.3 Å². The molecule has 0 saturated heterocycles. The van der Waals surface area contributed by atoms with Crippen LogP contribution in [0.5, 0.6) is 0 Å². The van der Waals surface area contributed by atoms with Crippen LogP contribution < -0.4 is 10.7 Å². The van der Waals surface area contributed by atoms with Crippen LogP contribution in [0.15, 0.2) is 65.6 Å². The zero-order chi connectivity index (χ0) is 18.0. The Morgan fingerprint density at radius 2 is 1.81 bits per heavy atom. The second kappa shape index (κ2) is 6.75. The summed E-state index contributed by atoms with van der Waals surface area (Å²) in [6.07, 6.45) is 4.65. The molecule has 0 aliphatic heterocycles. The van der Waals surface area contributed by atoms with Gasteiger partial charge in [0.1, 0.15) is 6.54 Å². The molecule has 0 unspecified atom stereocenters. The zero-order valence-electron chi connectivity index (χ0n) is 14.5. The highest BCUT2D eigenvalue weighted by Gasteiger charge is 2.38. The van der Waals surface area contributed by atoms with Crippen molar-refractivity contribution in [2.45, 2.75) is 31.2 Å². The minimum absolute atomic E-state index is 0.0515. The number of para-hydroxylation sites is 1. The first-order valence-electron chi connectivity index (χ1n) is 8.95. The quantitative estimate of drug-likeness (QED) is 0.772. The Hall–Kier alpha value is -2.95. The molecule has 1 aliphatic carbocycles. The highest BCUT2D eigenvalue weighted by molar-refractivity contribution is 5.81. The largest absolute Gasteiger partial charge is 0.354 e. The molecule has 5 nitrogen and oxygen atoms in total. The summed E-state index contributed by atoms with van der Waals surface area (Å²) in [4.78, 5) is 24.4. The van der Waals surface area contributed by atoms with Crippen LogP contribution in [-0.2, 0) is 16.8 Å². The van der Waals surface area contributed by atoms with Crippen LogP contribution >= 0.6 is 0 Å². The predicted octanol–water partition coefficient (Wildman–Crippen LogP) is 2.63. The highest BCUT2D eigenvalue weighted by atomic mass is 16.2. The first kappa shape index (κ1) is 16.5. The number of carbonyl (C=O) groups excluding carboxylic acids is 1. The van der Waals surface area contributed by atoms with E-state index in [0.29, 0.717) is 17.4 Å².